The summed E-state index contributed by atoms with van der Waals surface area (Å²) in [6.45, 7) is 3.33. The summed E-state index contributed by atoms with van der Waals surface area (Å²) in [4.78, 5) is 15.6. The van der Waals surface area contributed by atoms with Crippen LogP contribution < -0.4 is 5.32 Å². The summed E-state index contributed by atoms with van der Waals surface area (Å²) in [5.41, 5.74) is 1.86. The highest BCUT2D eigenvalue weighted by Crippen LogP contribution is 2.45. The quantitative estimate of drug-likeness (QED) is 0.902. The van der Waals surface area contributed by atoms with Gasteiger partial charge in [-0.3, -0.25) is 9.48 Å². The van der Waals surface area contributed by atoms with E-state index in [4.69, 9.17) is 0 Å². The molecule has 26 heavy (non-hydrogen) atoms. The van der Waals surface area contributed by atoms with E-state index in [0.717, 1.165) is 19.4 Å². The standard InChI is InChI=1S/C21H28N4O/c1-21-13-18(16-9-5-3-6-10-16)25(19(21)11-7-4-8-12-22-21)20(26)17-14-23-24(2)15-17/h3,5-6,9-10,14-15,18-19,22H,4,7-8,11-13H2,1-2H3/t18-,19-,21-/m0/s1. The SMILES string of the molecule is Cn1cc(C(=O)N2[C@H]3CCCCCN[C@@]3(C)C[C@H]2c2ccccc2)cn1. The monoisotopic (exact) mass is 352 g/mol. The first kappa shape index (κ1) is 17.3. The number of fused-ring (bicyclic) bond motifs is 1. The van der Waals surface area contributed by atoms with E-state index in [1.54, 1.807) is 10.9 Å². The molecule has 0 saturated carbocycles. The number of carbonyl (C=O) groups is 1. The number of benzene rings is 1. The highest BCUT2D eigenvalue weighted by atomic mass is 16.2. The summed E-state index contributed by atoms with van der Waals surface area (Å²) in [6.07, 6.45) is 9.15. The second-order valence-electron chi connectivity index (χ2n) is 7.96. The molecule has 0 spiro atoms. The molecule has 1 N–H and O–H groups in total. The zero-order valence-corrected chi connectivity index (χ0v) is 15.7. The normalized spacial score (nSPS) is 29.1. The molecule has 5 heteroatoms. The van der Waals surface area contributed by atoms with Crippen LogP contribution in [0, 0.1) is 0 Å². The molecule has 1 aromatic carbocycles. The van der Waals surface area contributed by atoms with Crippen molar-refractivity contribution in [3.63, 3.8) is 0 Å². The number of amides is 1. The number of nitrogens with zero attached hydrogens (tertiary/aromatic N) is 3. The van der Waals surface area contributed by atoms with Gasteiger partial charge in [0.25, 0.3) is 5.91 Å². The van der Waals surface area contributed by atoms with E-state index in [2.05, 4.69) is 46.5 Å². The fourth-order valence-corrected chi connectivity index (χ4v) is 4.74. The van der Waals surface area contributed by atoms with Gasteiger partial charge in [0, 0.05) is 18.8 Å². The van der Waals surface area contributed by atoms with Crippen molar-refractivity contribution >= 4 is 5.91 Å². The zero-order valence-electron chi connectivity index (χ0n) is 15.7. The van der Waals surface area contributed by atoms with Gasteiger partial charge in [-0.05, 0) is 38.3 Å². The van der Waals surface area contributed by atoms with E-state index in [9.17, 15) is 4.79 Å². The molecule has 2 saturated heterocycles. The Morgan fingerprint density at radius 1 is 1.23 bits per heavy atom. The van der Waals surface area contributed by atoms with Gasteiger partial charge in [-0.2, -0.15) is 5.10 Å². The maximum Gasteiger partial charge on any atom is 0.257 e. The maximum absolute atomic E-state index is 13.5. The number of aryl methyl sites for hydroxylation is 1. The summed E-state index contributed by atoms with van der Waals surface area (Å²) in [7, 11) is 1.86. The molecule has 0 radical (unpaired) electrons. The Labute approximate surface area is 155 Å². The third kappa shape index (κ3) is 3.05. The number of carbonyl (C=O) groups excluding carboxylic acids is 1. The van der Waals surface area contributed by atoms with Crippen LogP contribution in [0.4, 0.5) is 0 Å². The molecular formula is C21H28N4O. The predicted octanol–water partition coefficient (Wildman–Crippen LogP) is 3.30. The van der Waals surface area contributed by atoms with Crippen molar-refractivity contribution in [3.8, 4) is 0 Å². The van der Waals surface area contributed by atoms with Crippen molar-refractivity contribution in [2.75, 3.05) is 6.54 Å². The average Bonchev–Trinajstić information content (AvgIpc) is 3.18. The van der Waals surface area contributed by atoms with Gasteiger partial charge >= 0.3 is 0 Å². The molecule has 3 heterocycles. The molecule has 1 amide bonds. The topological polar surface area (TPSA) is 50.2 Å². The molecule has 0 bridgehead atoms. The average molecular weight is 352 g/mol. The lowest BCUT2D eigenvalue weighted by molar-refractivity contribution is 0.0612. The minimum atomic E-state index is -0.0429. The molecule has 2 aliphatic rings. The van der Waals surface area contributed by atoms with E-state index in [0.29, 0.717) is 5.56 Å². The molecular weight excluding hydrogens is 324 g/mol. The lowest BCUT2D eigenvalue weighted by Crippen LogP contribution is -2.54. The molecule has 2 fully saturated rings. The first-order valence-corrected chi connectivity index (χ1v) is 9.70. The van der Waals surface area contributed by atoms with E-state index in [1.807, 2.05) is 19.3 Å². The van der Waals surface area contributed by atoms with Gasteiger partial charge in [-0.1, -0.05) is 43.2 Å². The highest BCUT2D eigenvalue weighted by molar-refractivity contribution is 5.94. The van der Waals surface area contributed by atoms with Gasteiger partial charge in [0.1, 0.15) is 0 Å². The molecule has 5 nitrogen and oxygen atoms in total. The summed E-state index contributed by atoms with van der Waals surface area (Å²) < 4.78 is 1.70. The van der Waals surface area contributed by atoms with Crippen LogP contribution in [0.1, 0.15) is 61.0 Å². The number of aromatic nitrogens is 2. The van der Waals surface area contributed by atoms with Crippen molar-refractivity contribution in [2.45, 2.75) is 56.7 Å². The van der Waals surface area contributed by atoms with Crippen LogP contribution >= 0.6 is 0 Å². The minimum absolute atomic E-state index is 0.0429. The lowest BCUT2D eigenvalue weighted by Gasteiger charge is -2.38. The minimum Gasteiger partial charge on any atom is -0.327 e. The highest BCUT2D eigenvalue weighted by Gasteiger charge is 2.51. The van der Waals surface area contributed by atoms with Crippen LogP contribution in [0.5, 0.6) is 0 Å². The van der Waals surface area contributed by atoms with Crippen molar-refractivity contribution in [2.24, 2.45) is 7.05 Å². The molecule has 0 unspecified atom stereocenters. The van der Waals surface area contributed by atoms with Crippen LogP contribution in [0.25, 0.3) is 0 Å². The van der Waals surface area contributed by atoms with E-state index < -0.39 is 0 Å². The Morgan fingerprint density at radius 2 is 2.04 bits per heavy atom. The molecule has 1 aromatic heterocycles. The second kappa shape index (κ2) is 6.88. The predicted molar refractivity (Wildman–Crippen MR) is 102 cm³/mol. The summed E-state index contributed by atoms with van der Waals surface area (Å²) in [5.74, 6) is 0.100. The fourth-order valence-electron chi connectivity index (χ4n) is 4.74. The summed E-state index contributed by atoms with van der Waals surface area (Å²) in [5, 5.41) is 8.00. The Hall–Kier alpha value is -2.14. The van der Waals surface area contributed by atoms with Crippen LogP contribution in [0.3, 0.4) is 0 Å². The second-order valence-corrected chi connectivity index (χ2v) is 7.96. The fraction of sp³-hybridized carbons (Fsp3) is 0.524. The first-order valence-electron chi connectivity index (χ1n) is 9.70. The molecule has 2 aliphatic heterocycles. The van der Waals surface area contributed by atoms with Gasteiger partial charge in [0.15, 0.2) is 0 Å². The van der Waals surface area contributed by atoms with E-state index >= 15 is 0 Å². The maximum atomic E-state index is 13.5. The van der Waals surface area contributed by atoms with Gasteiger partial charge in [0.2, 0.25) is 0 Å². The summed E-state index contributed by atoms with van der Waals surface area (Å²) in [6, 6.07) is 10.8. The molecule has 2 aromatic rings. The lowest BCUT2D eigenvalue weighted by atomic mass is 9.85. The number of hydrogen-bond donors (Lipinski definition) is 1. The van der Waals surface area contributed by atoms with E-state index in [1.165, 1.54) is 24.8 Å². The number of nitrogens with one attached hydrogen (secondary N) is 1. The van der Waals surface area contributed by atoms with Crippen molar-refractivity contribution < 1.29 is 4.79 Å². The van der Waals surface area contributed by atoms with Crippen molar-refractivity contribution in [1.29, 1.82) is 0 Å². The molecule has 4 rings (SSSR count). The number of hydrogen-bond acceptors (Lipinski definition) is 3. The van der Waals surface area contributed by atoms with Gasteiger partial charge in [0.05, 0.1) is 23.8 Å². The molecule has 138 valence electrons. The number of likely N-dealkylation sites (tertiary alicyclic amines) is 1. The third-order valence-corrected chi connectivity index (χ3v) is 6.08. The molecule has 3 atom stereocenters. The Kier molecular flexibility index (Phi) is 4.57. The Morgan fingerprint density at radius 3 is 2.77 bits per heavy atom. The van der Waals surface area contributed by atoms with Crippen LogP contribution in [0.2, 0.25) is 0 Å². The zero-order chi connectivity index (χ0) is 18.1. The van der Waals surface area contributed by atoms with Gasteiger partial charge < -0.3 is 10.2 Å². The van der Waals surface area contributed by atoms with Gasteiger partial charge in [-0.25, -0.2) is 0 Å². The van der Waals surface area contributed by atoms with E-state index in [-0.39, 0.29) is 23.5 Å². The van der Waals surface area contributed by atoms with Crippen LogP contribution in [0.15, 0.2) is 42.7 Å². The van der Waals surface area contributed by atoms with Crippen molar-refractivity contribution in [1.82, 2.24) is 20.0 Å². The number of rotatable bonds is 2. The Balaban J connectivity index is 1.75. The van der Waals surface area contributed by atoms with Crippen LogP contribution in [-0.2, 0) is 7.05 Å². The third-order valence-electron chi connectivity index (χ3n) is 6.08. The first-order chi connectivity index (χ1) is 12.6. The smallest absolute Gasteiger partial charge is 0.257 e. The summed E-state index contributed by atoms with van der Waals surface area (Å²) >= 11 is 0. The van der Waals surface area contributed by atoms with Gasteiger partial charge in [-0.15, -0.1) is 0 Å². The van der Waals surface area contributed by atoms with Crippen molar-refractivity contribution in [3.05, 3.63) is 53.9 Å². The molecule has 0 aliphatic carbocycles. The Bertz CT molecular complexity index is 771. The largest absolute Gasteiger partial charge is 0.327 e. The van der Waals surface area contributed by atoms with Crippen LogP contribution in [-0.4, -0.2) is 38.7 Å².